The van der Waals surface area contributed by atoms with Gasteiger partial charge in [0.2, 0.25) is 0 Å². The molecule has 0 amide bonds. The van der Waals surface area contributed by atoms with Crippen LogP contribution in [-0.4, -0.2) is 19.8 Å². The fourth-order valence-electron chi connectivity index (χ4n) is 1.71. The van der Waals surface area contributed by atoms with E-state index in [4.69, 9.17) is 10.5 Å². The number of halogens is 2. The quantitative estimate of drug-likeness (QED) is 0.841. The molecule has 1 aliphatic heterocycles. The lowest BCUT2D eigenvalue weighted by Crippen LogP contribution is -2.15. The first-order chi connectivity index (χ1) is 7.66. The van der Waals surface area contributed by atoms with Gasteiger partial charge in [-0.1, -0.05) is 0 Å². The molecule has 0 spiro atoms. The number of hydrogen-bond acceptors (Lipinski definition) is 3. The number of nitrogen functional groups attached to an aromatic ring is 1. The predicted octanol–water partition coefficient (Wildman–Crippen LogP) is 2.62. The zero-order valence-corrected chi connectivity index (χ0v) is 10.4. The third-order valence-electron chi connectivity index (χ3n) is 2.70. The van der Waals surface area contributed by atoms with Crippen molar-refractivity contribution in [3.8, 4) is 0 Å². The van der Waals surface area contributed by atoms with Crippen molar-refractivity contribution in [1.82, 2.24) is 0 Å². The Hall–Kier alpha value is -0.810. The van der Waals surface area contributed by atoms with Gasteiger partial charge < -0.3 is 15.8 Å². The van der Waals surface area contributed by atoms with Crippen molar-refractivity contribution in [3.63, 3.8) is 0 Å². The van der Waals surface area contributed by atoms with Crippen LogP contribution in [-0.2, 0) is 4.74 Å². The third-order valence-corrected chi connectivity index (χ3v) is 3.31. The molecule has 16 heavy (non-hydrogen) atoms. The highest BCUT2D eigenvalue weighted by molar-refractivity contribution is 9.10. The van der Waals surface area contributed by atoms with E-state index < -0.39 is 0 Å². The van der Waals surface area contributed by atoms with Crippen LogP contribution in [0.3, 0.4) is 0 Å². The Kier molecular flexibility index (Phi) is 3.66. The van der Waals surface area contributed by atoms with Crippen molar-refractivity contribution in [2.45, 2.75) is 6.42 Å². The van der Waals surface area contributed by atoms with Crippen LogP contribution in [0.5, 0.6) is 0 Å². The second-order valence-electron chi connectivity index (χ2n) is 3.96. The molecule has 5 heteroatoms. The van der Waals surface area contributed by atoms with Gasteiger partial charge in [0.1, 0.15) is 5.82 Å². The zero-order valence-electron chi connectivity index (χ0n) is 8.80. The van der Waals surface area contributed by atoms with Gasteiger partial charge in [-0.05, 0) is 28.4 Å². The molecule has 1 aromatic carbocycles. The zero-order chi connectivity index (χ0) is 11.5. The number of rotatable bonds is 3. The van der Waals surface area contributed by atoms with Crippen molar-refractivity contribution in [2.24, 2.45) is 5.92 Å². The van der Waals surface area contributed by atoms with Gasteiger partial charge in [-0.15, -0.1) is 0 Å². The molecule has 2 rings (SSSR count). The second-order valence-corrected chi connectivity index (χ2v) is 4.82. The van der Waals surface area contributed by atoms with Crippen LogP contribution >= 0.6 is 15.9 Å². The van der Waals surface area contributed by atoms with Crippen molar-refractivity contribution in [2.75, 3.05) is 30.8 Å². The predicted molar refractivity (Wildman–Crippen MR) is 65.9 cm³/mol. The number of ether oxygens (including phenoxy) is 1. The van der Waals surface area contributed by atoms with Gasteiger partial charge >= 0.3 is 0 Å². The molecule has 1 unspecified atom stereocenters. The van der Waals surface area contributed by atoms with Gasteiger partial charge in [-0.25, -0.2) is 4.39 Å². The Morgan fingerprint density at radius 2 is 2.38 bits per heavy atom. The van der Waals surface area contributed by atoms with E-state index in [2.05, 4.69) is 21.2 Å². The van der Waals surface area contributed by atoms with Crippen LogP contribution in [0.1, 0.15) is 6.42 Å². The van der Waals surface area contributed by atoms with Gasteiger partial charge in [0.25, 0.3) is 0 Å². The van der Waals surface area contributed by atoms with Crippen LogP contribution in [0, 0.1) is 11.7 Å². The normalized spacial score (nSPS) is 20.0. The first kappa shape index (κ1) is 11.7. The number of nitrogens with two attached hydrogens (primary N) is 1. The largest absolute Gasteiger partial charge is 0.397 e. The summed E-state index contributed by atoms with van der Waals surface area (Å²) in [6.45, 7) is 2.42. The first-order valence-electron chi connectivity index (χ1n) is 5.23. The molecule has 3 N–H and O–H groups in total. The maximum Gasteiger partial charge on any atom is 0.139 e. The fraction of sp³-hybridized carbons (Fsp3) is 0.455. The van der Waals surface area contributed by atoms with Crippen LogP contribution in [0.15, 0.2) is 16.6 Å². The summed E-state index contributed by atoms with van der Waals surface area (Å²) in [5.41, 5.74) is 6.91. The lowest BCUT2D eigenvalue weighted by molar-refractivity contribution is 0.187. The van der Waals surface area contributed by atoms with Crippen molar-refractivity contribution < 1.29 is 9.13 Å². The molecule has 1 aromatic rings. The molecule has 0 aromatic heterocycles. The Bertz CT molecular complexity index is 380. The van der Waals surface area contributed by atoms with Crippen molar-refractivity contribution in [1.29, 1.82) is 0 Å². The number of benzene rings is 1. The molecule has 88 valence electrons. The molecule has 0 saturated carbocycles. The summed E-state index contributed by atoms with van der Waals surface area (Å²) in [4.78, 5) is 0. The summed E-state index contributed by atoms with van der Waals surface area (Å²) >= 11 is 3.14. The fourth-order valence-corrected chi connectivity index (χ4v) is 2.06. The van der Waals surface area contributed by atoms with Gasteiger partial charge in [0.05, 0.1) is 22.5 Å². The van der Waals surface area contributed by atoms with E-state index in [1.165, 1.54) is 6.07 Å². The molecule has 1 fully saturated rings. The minimum Gasteiger partial charge on any atom is -0.397 e. The summed E-state index contributed by atoms with van der Waals surface area (Å²) < 4.78 is 18.8. The Morgan fingerprint density at radius 1 is 1.56 bits per heavy atom. The third kappa shape index (κ3) is 2.65. The maximum absolute atomic E-state index is 13.1. The minimum atomic E-state index is -0.341. The minimum absolute atomic E-state index is 0.341. The van der Waals surface area contributed by atoms with Gasteiger partial charge in [-0.2, -0.15) is 0 Å². The number of nitrogens with one attached hydrogen (secondary N) is 1. The summed E-state index contributed by atoms with van der Waals surface area (Å²) in [5.74, 6) is 0.176. The molecule has 3 nitrogen and oxygen atoms in total. The summed E-state index contributed by atoms with van der Waals surface area (Å²) in [5, 5.41) is 3.22. The van der Waals surface area contributed by atoms with Gasteiger partial charge in [0, 0.05) is 25.1 Å². The molecule has 1 aliphatic rings. The highest BCUT2D eigenvalue weighted by atomic mass is 79.9. The summed E-state index contributed by atoms with van der Waals surface area (Å²) in [7, 11) is 0. The number of anilines is 2. The number of hydrogen-bond donors (Lipinski definition) is 2. The van der Waals surface area contributed by atoms with E-state index >= 15 is 0 Å². The van der Waals surface area contributed by atoms with E-state index in [0.29, 0.717) is 16.1 Å². The topological polar surface area (TPSA) is 47.3 Å². The first-order valence-corrected chi connectivity index (χ1v) is 6.02. The lowest BCUT2D eigenvalue weighted by Gasteiger charge is -2.13. The highest BCUT2D eigenvalue weighted by Gasteiger charge is 2.15. The molecular formula is C11H14BrFN2O. The smallest absolute Gasteiger partial charge is 0.139 e. The van der Waals surface area contributed by atoms with E-state index in [0.717, 1.165) is 31.9 Å². The highest BCUT2D eigenvalue weighted by Crippen LogP contribution is 2.27. The standard InChI is InChI=1S/C11H14BrFN2O/c12-8-3-11(10(14)4-9(8)13)15-5-7-1-2-16-6-7/h3-4,7,15H,1-2,5-6,14H2. The average Bonchev–Trinajstić information content (AvgIpc) is 2.74. The monoisotopic (exact) mass is 288 g/mol. The van der Waals surface area contributed by atoms with E-state index in [1.807, 2.05) is 0 Å². The molecule has 1 atom stereocenters. The van der Waals surface area contributed by atoms with Gasteiger partial charge in [-0.3, -0.25) is 0 Å². The van der Waals surface area contributed by atoms with Crippen LogP contribution in [0.2, 0.25) is 0 Å². The van der Waals surface area contributed by atoms with E-state index in [9.17, 15) is 4.39 Å². The summed E-state index contributed by atoms with van der Waals surface area (Å²) in [6, 6.07) is 2.98. The molecular weight excluding hydrogens is 275 g/mol. The van der Waals surface area contributed by atoms with Crippen molar-refractivity contribution >= 4 is 27.3 Å². The lowest BCUT2D eigenvalue weighted by atomic mass is 10.1. The molecule has 0 radical (unpaired) electrons. The Labute approximate surface area is 102 Å². The van der Waals surface area contributed by atoms with Crippen LogP contribution in [0.25, 0.3) is 0 Å². The maximum atomic E-state index is 13.1. The molecule has 1 heterocycles. The molecule has 0 aliphatic carbocycles. The summed E-state index contributed by atoms with van der Waals surface area (Å²) in [6.07, 6.45) is 1.06. The van der Waals surface area contributed by atoms with Gasteiger partial charge in [0.15, 0.2) is 0 Å². The average molecular weight is 289 g/mol. The Morgan fingerprint density at radius 3 is 3.06 bits per heavy atom. The van der Waals surface area contributed by atoms with Crippen LogP contribution in [0.4, 0.5) is 15.8 Å². The van der Waals surface area contributed by atoms with E-state index in [-0.39, 0.29) is 5.82 Å². The Balaban J connectivity index is 2.00. The molecule has 1 saturated heterocycles. The van der Waals surface area contributed by atoms with Crippen LogP contribution < -0.4 is 11.1 Å². The van der Waals surface area contributed by atoms with E-state index in [1.54, 1.807) is 6.07 Å². The SMILES string of the molecule is Nc1cc(F)c(Br)cc1NCC1CCOC1. The second kappa shape index (κ2) is 5.01. The van der Waals surface area contributed by atoms with Crippen molar-refractivity contribution in [3.05, 3.63) is 22.4 Å². The molecule has 0 bridgehead atoms.